The van der Waals surface area contributed by atoms with Gasteiger partial charge < -0.3 is 0 Å². The molecule has 0 N–H and O–H groups in total. The monoisotopic (exact) mass is 265 g/mol. The van der Waals surface area contributed by atoms with Crippen molar-refractivity contribution in [3.63, 3.8) is 0 Å². The van der Waals surface area contributed by atoms with E-state index in [1.165, 1.54) is 5.56 Å². The van der Waals surface area contributed by atoms with Crippen molar-refractivity contribution >= 4 is 32.9 Å². The van der Waals surface area contributed by atoms with Crippen molar-refractivity contribution in [3.05, 3.63) is 30.1 Å². The second-order valence-corrected chi connectivity index (χ2v) is 3.27. The molecule has 0 aromatic carbocycles. The summed E-state index contributed by atoms with van der Waals surface area (Å²) in [4.78, 5) is 4.34. The smallest absolute Gasteiger partial charge is 0.0368 e. The van der Waals surface area contributed by atoms with Crippen LogP contribution in [-0.4, -0.2) is 4.98 Å². The van der Waals surface area contributed by atoms with Gasteiger partial charge in [0.25, 0.3) is 0 Å². The lowest BCUT2D eigenvalue weighted by molar-refractivity contribution is 1.10. The van der Waals surface area contributed by atoms with Crippen LogP contribution in [0.4, 0.5) is 0 Å². The summed E-state index contributed by atoms with van der Waals surface area (Å²) in [6, 6.07) is 4.00. The van der Waals surface area contributed by atoms with Gasteiger partial charge in [-0.3, -0.25) is 4.98 Å². The number of alkyl halides is 1. The number of hydrogen-bond acceptors (Lipinski definition) is 1. The Labute approximate surface area is 79.8 Å². The number of hydrogen-bond donors (Lipinski definition) is 0. The lowest BCUT2D eigenvalue weighted by Gasteiger charge is -1.99. The molecule has 1 aromatic rings. The highest BCUT2D eigenvalue weighted by molar-refractivity contribution is 9.09. The van der Waals surface area contributed by atoms with Crippen LogP contribution in [0.1, 0.15) is 17.3 Å². The van der Waals surface area contributed by atoms with E-state index in [0.29, 0.717) is 4.83 Å². The SMILES string of the molecule is Br.CC(Br)c1ccncc1. The molecule has 1 heterocycles. The topological polar surface area (TPSA) is 12.9 Å². The molecular weight excluding hydrogens is 258 g/mol. The first kappa shape index (κ1) is 10.1. The summed E-state index contributed by atoms with van der Waals surface area (Å²) in [5.74, 6) is 0. The molecule has 1 nitrogen and oxygen atoms in total. The van der Waals surface area contributed by atoms with E-state index in [4.69, 9.17) is 0 Å². The van der Waals surface area contributed by atoms with Gasteiger partial charge in [-0.2, -0.15) is 0 Å². The maximum Gasteiger partial charge on any atom is 0.0368 e. The van der Waals surface area contributed by atoms with E-state index in [1.54, 1.807) is 12.4 Å². The van der Waals surface area contributed by atoms with Gasteiger partial charge in [0.2, 0.25) is 0 Å². The van der Waals surface area contributed by atoms with Gasteiger partial charge in [-0.1, -0.05) is 15.9 Å². The van der Waals surface area contributed by atoms with Crippen LogP contribution in [0.15, 0.2) is 24.5 Å². The highest BCUT2D eigenvalue weighted by atomic mass is 79.9. The zero-order valence-electron chi connectivity index (χ0n) is 5.62. The van der Waals surface area contributed by atoms with Gasteiger partial charge in [0.05, 0.1) is 0 Å². The van der Waals surface area contributed by atoms with Crippen molar-refractivity contribution in [1.82, 2.24) is 4.98 Å². The van der Waals surface area contributed by atoms with Crippen LogP contribution in [0.25, 0.3) is 0 Å². The minimum Gasteiger partial charge on any atom is -0.265 e. The van der Waals surface area contributed by atoms with Crippen molar-refractivity contribution in [2.45, 2.75) is 11.8 Å². The highest BCUT2D eigenvalue weighted by Crippen LogP contribution is 2.19. The van der Waals surface area contributed by atoms with Crippen LogP contribution < -0.4 is 0 Å². The molecule has 1 rings (SSSR count). The highest BCUT2D eigenvalue weighted by Gasteiger charge is 1.95. The van der Waals surface area contributed by atoms with Gasteiger partial charge >= 0.3 is 0 Å². The number of halogens is 2. The van der Waals surface area contributed by atoms with Crippen molar-refractivity contribution < 1.29 is 0 Å². The Morgan fingerprint density at radius 1 is 1.40 bits per heavy atom. The summed E-state index contributed by atoms with van der Waals surface area (Å²) in [6.07, 6.45) is 3.60. The molecule has 1 atom stereocenters. The molecule has 0 aliphatic heterocycles. The van der Waals surface area contributed by atoms with E-state index in [9.17, 15) is 0 Å². The molecule has 3 heteroatoms. The second kappa shape index (κ2) is 4.85. The number of rotatable bonds is 1. The quantitative estimate of drug-likeness (QED) is 0.712. The molecule has 0 spiro atoms. The maximum absolute atomic E-state index is 3.91. The summed E-state index contributed by atoms with van der Waals surface area (Å²) in [7, 11) is 0. The Bertz CT molecular complexity index is 174. The van der Waals surface area contributed by atoms with Gasteiger partial charge in [0.1, 0.15) is 0 Å². The van der Waals surface area contributed by atoms with Crippen LogP contribution in [0.2, 0.25) is 0 Å². The van der Waals surface area contributed by atoms with Gasteiger partial charge in [-0.15, -0.1) is 17.0 Å². The molecule has 0 saturated heterocycles. The normalized spacial score (nSPS) is 11.8. The molecule has 1 aromatic heterocycles. The van der Waals surface area contributed by atoms with Crippen molar-refractivity contribution in [2.75, 3.05) is 0 Å². The fourth-order valence-corrected chi connectivity index (χ4v) is 0.934. The standard InChI is InChI=1S/C7H8BrN.BrH/c1-6(8)7-2-4-9-5-3-7;/h2-6H,1H3;1H. The first-order valence-corrected chi connectivity index (χ1v) is 3.76. The zero-order chi connectivity index (χ0) is 6.69. The van der Waals surface area contributed by atoms with E-state index in [0.717, 1.165) is 0 Å². The van der Waals surface area contributed by atoms with Crippen LogP contribution in [0.3, 0.4) is 0 Å². The van der Waals surface area contributed by atoms with E-state index >= 15 is 0 Å². The number of aromatic nitrogens is 1. The molecule has 1 unspecified atom stereocenters. The predicted molar refractivity (Wildman–Crippen MR) is 51.9 cm³/mol. The fraction of sp³-hybridized carbons (Fsp3) is 0.286. The third-order valence-electron chi connectivity index (χ3n) is 1.17. The average Bonchev–Trinajstić information content (AvgIpc) is 1.90. The Hall–Kier alpha value is 0.110. The average molecular weight is 267 g/mol. The first-order valence-electron chi connectivity index (χ1n) is 2.84. The Balaban J connectivity index is 0.000000810. The summed E-state index contributed by atoms with van der Waals surface area (Å²) >= 11 is 3.45. The number of pyridine rings is 1. The minimum absolute atomic E-state index is 0. The van der Waals surface area contributed by atoms with Crippen LogP contribution in [0.5, 0.6) is 0 Å². The maximum atomic E-state index is 3.91. The third kappa shape index (κ3) is 2.80. The first-order chi connectivity index (χ1) is 4.30. The molecule has 0 amide bonds. The molecular formula is C7H9Br2N. The van der Waals surface area contributed by atoms with Gasteiger partial charge in [-0.05, 0) is 24.6 Å². The Kier molecular flexibility index (Phi) is 4.91. The summed E-state index contributed by atoms with van der Waals surface area (Å²) in [5.41, 5.74) is 1.27. The minimum atomic E-state index is 0. The molecule has 0 bridgehead atoms. The summed E-state index contributed by atoms with van der Waals surface area (Å²) in [6.45, 7) is 2.09. The van der Waals surface area contributed by atoms with E-state index < -0.39 is 0 Å². The molecule has 0 radical (unpaired) electrons. The van der Waals surface area contributed by atoms with Crippen LogP contribution in [-0.2, 0) is 0 Å². The van der Waals surface area contributed by atoms with Gasteiger partial charge in [-0.25, -0.2) is 0 Å². The molecule has 10 heavy (non-hydrogen) atoms. The second-order valence-electron chi connectivity index (χ2n) is 1.90. The summed E-state index contributed by atoms with van der Waals surface area (Å²) in [5, 5.41) is 0. The van der Waals surface area contributed by atoms with E-state index in [2.05, 4.69) is 27.8 Å². The fourth-order valence-electron chi connectivity index (χ4n) is 0.629. The van der Waals surface area contributed by atoms with Crippen LogP contribution >= 0.6 is 32.9 Å². The summed E-state index contributed by atoms with van der Waals surface area (Å²) < 4.78 is 0. The van der Waals surface area contributed by atoms with E-state index in [1.807, 2.05) is 12.1 Å². The van der Waals surface area contributed by atoms with Crippen molar-refractivity contribution in [1.29, 1.82) is 0 Å². The largest absolute Gasteiger partial charge is 0.265 e. The Morgan fingerprint density at radius 2 is 1.90 bits per heavy atom. The van der Waals surface area contributed by atoms with Gasteiger partial charge in [0, 0.05) is 17.2 Å². The zero-order valence-corrected chi connectivity index (χ0v) is 8.92. The van der Waals surface area contributed by atoms with Crippen molar-refractivity contribution in [3.8, 4) is 0 Å². The number of nitrogens with zero attached hydrogens (tertiary/aromatic N) is 1. The third-order valence-corrected chi connectivity index (χ3v) is 1.69. The van der Waals surface area contributed by atoms with E-state index in [-0.39, 0.29) is 17.0 Å². The Morgan fingerprint density at radius 3 is 2.20 bits per heavy atom. The predicted octanol–water partition coefficient (Wildman–Crippen LogP) is 3.12. The molecule has 0 saturated carbocycles. The lowest BCUT2D eigenvalue weighted by atomic mass is 10.2. The van der Waals surface area contributed by atoms with Gasteiger partial charge in [0.15, 0.2) is 0 Å². The molecule has 56 valence electrons. The van der Waals surface area contributed by atoms with Crippen molar-refractivity contribution in [2.24, 2.45) is 0 Å². The molecule has 0 fully saturated rings. The lowest BCUT2D eigenvalue weighted by Crippen LogP contribution is -1.81. The molecule has 0 aliphatic carbocycles. The van der Waals surface area contributed by atoms with Crippen LogP contribution in [0, 0.1) is 0 Å². The molecule has 0 aliphatic rings.